The zero-order valence-electron chi connectivity index (χ0n) is 30.4. The summed E-state index contributed by atoms with van der Waals surface area (Å²) in [5.74, 6) is -2.23. The first-order chi connectivity index (χ1) is 23.2. The van der Waals surface area contributed by atoms with Gasteiger partial charge in [-0.1, -0.05) is 80.5 Å². The fraction of sp³-hybridized carbons (Fsp3) is 0.444. The lowest BCUT2D eigenvalue weighted by molar-refractivity contribution is -0.497. The fourth-order valence-corrected chi connectivity index (χ4v) is 4.95. The van der Waals surface area contributed by atoms with Crippen LogP contribution in [0.4, 0.5) is 5.69 Å². The van der Waals surface area contributed by atoms with Gasteiger partial charge in [0.15, 0.2) is 0 Å². The van der Waals surface area contributed by atoms with Crippen LogP contribution >= 0.6 is 0 Å². The quantitative estimate of drug-likeness (QED) is 0.0354. The van der Waals surface area contributed by atoms with E-state index in [4.69, 9.17) is 10.3 Å². The van der Waals surface area contributed by atoms with Crippen LogP contribution in [0.15, 0.2) is 77.4 Å². The summed E-state index contributed by atoms with van der Waals surface area (Å²) < 4.78 is 31.3. The van der Waals surface area contributed by atoms with Gasteiger partial charge in [-0.3, -0.25) is 29.6 Å². The van der Waals surface area contributed by atoms with E-state index in [1.807, 2.05) is 82.7 Å². The molecular weight excluding hydrogens is 646 g/mol. The zero-order valence-corrected chi connectivity index (χ0v) is 31.2. The maximum atomic E-state index is 12.6. The molecule has 1 aromatic rings. The van der Waals surface area contributed by atoms with E-state index in [1.54, 1.807) is 17.9 Å². The van der Waals surface area contributed by atoms with Gasteiger partial charge in [0.05, 0.1) is 29.2 Å². The van der Waals surface area contributed by atoms with E-state index in [9.17, 15) is 33.2 Å². The van der Waals surface area contributed by atoms with Gasteiger partial charge in [0.2, 0.25) is 18.2 Å². The molecule has 0 saturated carbocycles. The second-order valence-corrected chi connectivity index (χ2v) is 12.0. The molecule has 1 aliphatic heterocycles. The van der Waals surface area contributed by atoms with Crippen molar-refractivity contribution in [1.82, 2.24) is 10.2 Å². The van der Waals surface area contributed by atoms with Crippen molar-refractivity contribution >= 4 is 34.0 Å². The van der Waals surface area contributed by atoms with Gasteiger partial charge >= 0.3 is 0 Å². The van der Waals surface area contributed by atoms with Gasteiger partial charge in [0, 0.05) is 31.1 Å². The molecule has 0 saturated heterocycles. The number of nitrogens with two attached hydrogens (primary N) is 2. The molecule has 0 unspecified atom stereocenters. The van der Waals surface area contributed by atoms with Gasteiger partial charge in [0.25, 0.3) is 16.0 Å². The molecule has 0 fully saturated rings. The summed E-state index contributed by atoms with van der Waals surface area (Å²) in [6, 6.07) is 8.03. The molecule has 49 heavy (non-hydrogen) atoms. The number of nitrogens with zero attached hydrogens (tertiary/aromatic N) is 2. The van der Waals surface area contributed by atoms with Crippen LogP contribution < -0.4 is 16.4 Å². The van der Waals surface area contributed by atoms with Crippen molar-refractivity contribution in [3.63, 3.8) is 0 Å². The number of carbonyl (C=O) groups excluding carboxylic acids is 3. The SMILES string of the molecule is CC.CC.CC.CCC(=O)N(CCCS(=O)(=O)O)Cc1ccc2c(c1)C(C)(C)C/C=C(/C(C#N)=C/C=C/C(C(N)=O)=C(\O)NC=O)\C=C/[NH2+]2. The average molecular weight is 703 g/mol. The molecule has 0 atom stereocenters. The highest BCUT2D eigenvalue weighted by Crippen LogP contribution is 2.34. The Bertz CT molecular complexity index is 1530. The Labute approximate surface area is 292 Å². The van der Waals surface area contributed by atoms with E-state index >= 15 is 0 Å². The van der Waals surface area contributed by atoms with Crippen molar-refractivity contribution in [2.24, 2.45) is 5.73 Å². The Morgan fingerprint density at radius 2 is 1.80 bits per heavy atom. The number of carbonyl (C=O) groups is 3. The molecule has 1 aromatic carbocycles. The van der Waals surface area contributed by atoms with Crippen LogP contribution in [0, 0.1) is 11.3 Å². The Kier molecular flexibility index (Phi) is 23.4. The summed E-state index contributed by atoms with van der Waals surface area (Å²) in [6.07, 6.45) is 10.7. The van der Waals surface area contributed by atoms with E-state index in [2.05, 4.69) is 19.9 Å². The Balaban J connectivity index is 0. The predicted octanol–water partition coefficient (Wildman–Crippen LogP) is 5.11. The molecule has 1 heterocycles. The molecule has 0 radical (unpaired) electrons. The van der Waals surface area contributed by atoms with Crippen LogP contribution in [0.25, 0.3) is 0 Å². The summed E-state index contributed by atoms with van der Waals surface area (Å²) in [7, 11) is -4.12. The molecule has 13 heteroatoms. The minimum absolute atomic E-state index is 0.119. The lowest BCUT2D eigenvalue weighted by Gasteiger charge is -2.27. The van der Waals surface area contributed by atoms with Gasteiger partial charge in [-0.05, 0) is 53.7 Å². The number of amides is 3. The maximum Gasteiger partial charge on any atom is 0.264 e. The average Bonchev–Trinajstić information content (AvgIpc) is 3.14. The predicted molar refractivity (Wildman–Crippen MR) is 195 cm³/mol. The second kappa shape index (κ2) is 24.6. The number of hydrogen-bond donors (Lipinski definition) is 5. The van der Waals surface area contributed by atoms with Gasteiger partial charge < -0.3 is 15.7 Å². The van der Waals surface area contributed by atoms with E-state index in [0.717, 1.165) is 16.8 Å². The van der Waals surface area contributed by atoms with Gasteiger partial charge in [-0.25, -0.2) is 0 Å². The van der Waals surface area contributed by atoms with Crippen LogP contribution in [-0.2, 0) is 36.5 Å². The van der Waals surface area contributed by atoms with Crippen molar-refractivity contribution in [3.8, 4) is 6.07 Å². The highest BCUT2D eigenvalue weighted by Gasteiger charge is 2.27. The van der Waals surface area contributed by atoms with E-state index < -0.39 is 33.1 Å². The number of nitrogens with one attached hydrogen (secondary N) is 1. The molecule has 0 aromatic heterocycles. The lowest BCUT2D eigenvalue weighted by Crippen LogP contribution is -2.71. The highest BCUT2D eigenvalue weighted by atomic mass is 32.2. The van der Waals surface area contributed by atoms with Gasteiger partial charge in [0.1, 0.15) is 5.69 Å². The molecule has 272 valence electrons. The van der Waals surface area contributed by atoms with Crippen molar-refractivity contribution in [1.29, 1.82) is 5.26 Å². The van der Waals surface area contributed by atoms with Crippen molar-refractivity contribution < 1.29 is 37.8 Å². The summed E-state index contributed by atoms with van der Waals surface area (Å²) >= 11 is 0. The number of hydrogen-bond acceptors (Lipinski definition) is 7. The smallest absolute Gasteiger partial charge is 0.264 e. The third-order valence-electron chi connectivity index (χ3n) is 6.76. The lowest BCUT2D eigenvalue weighted by atomic mass is 9.79. The van der Waals surface area contributed by atoms with Crippen LogP contribution in [0.5, 0.6) is 0 Å². The van der Waals surface area contributed by atoms with Gasteiger partial charge in [-0.2, -0.15) is 13.7 Å². The number of nitriles is 1. The Morgan fingerprint density at radius 3 is 2.33 bits per heavy atom. The molecule has 1 aliphatic rings. The number of fused-ring (bicyclic) bond motifs is 1. The number of rotatable bonds is 13. The van der Waals surface area contributed by atoms with E-state index in [0.29, 0.717) is 12.0 Å². The van der Waals surface area contributed by atoms with Crippen LogP contribution in [0.2, 0.25) is 0 Å². The first-order valence-corrected chi connectivity index (χ1v) is 18.1. The molecule has 3 amide bonds. The third kappa shape index (κ3) is 16.9. The minimum Gasteiger partial charge on any atom is -0.494 e. The van der Waals surface area contributed by atoms with Gasteiger partial charge in [-0.15, -0.1) is 0 Å². The zero-order chi connectivity index (χ0) is 38.2. The molecule has 7 N–H and O–H groups in total. The summed E-state index contributed by atoms with van der Waals surface area (Å²) in [5, 5.41) is 23.5. The van der Waals surface area contributed by atoms with Crippen LogP contribution in [-0.4, -0.2) is 53.5 Å². The third-order valence-corrected chi connectivity index (χ3v) is 7.57. The first kappa shape index (κ1) is 46.6. The molecule has 0 bridgehead atoms. The highest BCUT2D eigenvalue weighted by molar-refractivity contribution is 7.85. The Morgan fingerprint density at radius 1 is 1.16 bits per heavy atom. The molecule has 12 nitrogen and oxygen atoms in total. The summed E-state index contributed by atoms with van der Waals surface area (Å²) in [5.41, 5.74) is 8.28. The minimum atomic E-state index is -4.12. The fourth-order valence-electron chi connectivity index (χ4n) is 4.46. The Hall–Kier alpha value is -4.51. The first-order valence-electron chi connectivity index (χ1n) is 16.5. The normalized spacial score (nSPS) is 15.8. The van der Waals surface area contributed by atoms with Crippen LogP contribution in [0.1, 0.15) is 92.7 Å². The standard InChI is InChI=1S/C30H37N5O7S.3C2H6/c1-4-27(37)35(15-6-16-43(40,41)42)19-21-9-10-26-25(17-21)30(2,3)13-11-22(12-14-33-26)23(18-31)7-5-8-24(28(32)38)29(39)34-20-36;3*1-2/h5,7-12,14,17,20,33,39H,4,6,13,15-16,19H2,1-3H3,(H2,32,38)(H,34,36)(H,40,41,42);3*1-2H3/p+1/b8-5+,14-12-,22-11+,23-7+,29-24+;;;. The topological polar surface area (TPSA) is 208 Å². The van der Waals surface area contributed by atoms with Crippen LogP contribution in [0.3, 0.4) is 0 Å². The summed E-state index contributed by atoms with van der Waals surface area (Å²) in [4.78, 5) is 36.3. The number of quaternary nitrogens is 1. The monoisotopic (exact) mass is 702 g/mol. The number of aliphatic hydroxyl groups excluding tert-OH is 1. The number of primary amides is 1. The largest absolute Gasteiger partial charge is 0.494 e. The molecule has 2 rings (SSSR count). The maximum absolute atomic E-state index is 12.6. The van der Waals surface area contributed by atoms with Crippen molar-refractivity contribution in [2.75, 3.05) is 12.3 Å². The van der Waals surface area contributed by atoms with Crippen molar-refractivity contribution in [2.45, 2.75) is 93.5 Å². The number of aliphatic hydroxyl groups is 1. The number of allylic oxidation sites excluding steroid dienone is 6. The number of benzene rings is 1. The molecular formula is C36H56N5O7S+. The second-order valence-electron chi connectivity index (χ2n) is 10.4. The molecule has 0 spiro atoms. The van der Waals surface area contributed by atoms with E-state index in [1.165, 1.54) is 18.2 Å². The van der Waals surface area contributed by atoms with Crippen molar-refractivity contribution in [3.05, 3.63) is 88.5 Å². The van der Waals surface area contributed by atoms with E-state index in [-0.39, 0.29) is 49.4 Å². The molecule has 0 aliphatic carbocycles. The summed E-state index contributed by atoms with van der Waals surface area (Å²) in [6.45, 7) is 18.3.